The summed E-state index contributed by atoms with van der Waals surface area (Å²) in [5, 5.41) is 0.483. The predicted molar refractivity (Wildman–Crippen MR) is 58.2 cm³/mol. The number of hydrogen-bond donors (Lipinski definition) is 2. The minimum Gasteiger partial charge on any atom is -0.369 e. The first kappa shape index (κ1) is 9.09. The number of H-pyrrole nitrogens is 1. The van der Waals surface area contributed by atoms with E-state index in [-0.39, 0.29) is 0 Å². The normalized spacial score (nSPS) is 10.4. The molecule has 14 heavy (non-hydrogen) atoms. The molecule has 0 amide bonds. The minimum atomic E-state index is 0.341. The number of nitrogen functional groups attached to an aromatic ring is 1. The number of rotatable bonds is 1. The Balaban J connectivity index is 2.60. The summed E-state index contributed by atoms with van der Waals surface area (Å²) in [4.78, 5) is 6.90. The molecule has 3 nitrogen and oxygen atoms in total. The summed E-state index contributed by atoms with van der Waals surface area (Å²) in [5.41, 5.74) is 8.36. The molecule has 2 aromatic rings. The fourth-order valence-electron chi connectivity index (χ4n) is 1.39. The highest BCUT2D eigenvalue weighted by Crippen LogP contribution is 2.28. The van der Waals surface area contributed by atoms with Crippen molar-refractivity contribution in [2.24, 2.45) is 0 Å². The number of aromatic nitrogens is 2. The zero-order valence-corrected chi connectivity index (χ0v) is 8.47. The van der Waals surface area contributed by atoms with Gasteiger partial charge in [0.1, 0.15) is 10.8 Å². The fraction of sp³-hybridized carbons (Fsp3) is 0.100. The van der Waals surface area contributed by atoms with Gasteiger partial charge in [0.25, 0.3) is 0 Å². The monoisotopic (exact) mass is 207 g/mol. The van der Waals surface area contributed by atoms with Gasteiger partial charge in [0.15, 0.2) is 5.95 Å². The van der Waals surface area contributed by atoms with E-state index in [2.05, 4.69) is 9.97 Å². The van der Waals surface area contributed by atoms with E-state index in [1.54, 1.807) is 0 Å². The lowest BCUT2D eigenvalue weighted by Gasteiger charge is -2.01. The van der Waals surface area contributed by atoms with Crippen LogP contribution in [0.1, 0.15) is 5.56 Å². The second-order valence-corrected chi connectivity index (χ2v) is 3.48. The maximum atomic E-state index is 5.95. The molecule has 0 spiro atoms. The topological polar surface area (TPSA) is 54.7 Å². The van der Waals surface area contributed by atoms with E-state index < -0.39 is 0 Å². The third-order valence-electron chi connectivity index (χ3n) is 2.08. The molecule has 2 rings (SSSR count). The first-order valence-electron chi connectivity index (χ1n) is 4.25. The molecule has 72 valence electrons. The van der Waals surface area contributed by atoms with Crippen LogP contribution in [0.4, 0.5) is 5.95 Å². The number of aromatic amines is 1. The largest absolute Gasteiger partial charge is 0.369 e. The number of halogens is 1. The van der Waals surface area contributed by atoms with Gasteiger partial charge in [0, 0.05) is 5.56 Å². The molecular weight excluding hydrogens is 198 g/mol. The Morgan fingerprint density at radius 1 is 1.36 bits per heavy atom. The molecule has 0 atom stereocenters. The highest BCUT2D eigenvalue weighted by Gasteiger charge is 2.10. The predicted octanol–water partition coefficient (Wildman–Crippen LogP) is 2.62. The van der Waals surface area contributed by atoms with Gasteiger partial charge in [-0.25, -0.2) is 4.98 Å². The number of nitrogens with two attached hydrogens (primary N) is 1. The molecule has 0 bridgehead atoms. The van der Waals surface area contributed by atoms with Crippen LogP contribution in [0.2, 0.25) is 5.15 Å². The van der Waals surface area contributed by atoms with Crippen molar-refractivity contribution in [3.63, 3.8) is 0 Å². The van der Waals surface area contributed by atoms with Crippen LogP contribution in [0.15, 0.2) is 24.3 Å². The molecule has 0 aliphatic carbocycles. The van der Waals surface area contributed by atoms with Crippen LogP contribution in [-0.4, -0.2) is 9.97 Å². The average Bonchev–Trinajstić information content (AvgIpc) is 2.46. The zero-order valence-electron chi connectivity index (χ0n) is 7.71. The van der Waals surface area contributed by atoms with Gasteiger partial charge >= 0.3 is 0 Å². The molecule has 0 fully saturated rings. The molecule has 1 aromatic heterocycles. The average molecular weight is 208 g/mol. The van der Waals surface area contributed by atoms with Gasteiger partial charge in [0.05, 0.1) is 0 Å². The van der Waals surface area contributed by atoms with E-state index in [1.807, 2.05) is 31.2 Å². The van der Waals surface area contributed by atoms with Gasteiger partial charge in [-0.15, -0.1) is 0 Å². The van der Waals surface area contributed by atoms with Crippen LogP contribution in [0.5, 0.6) is 0 Å². The van der Waals surface area contributed by atoms with E-state index >= 15 is 0 Å². The lowest BCUT2D eigenvalue weighted by Crippen LogP contribution is -1.86. The molecule has 1 aromatic carbocycles. The summed E-state index contributed by atoms with van der Waals surface area (Å²) >= 11 is 5.95. The number of imidazole rings is 1. The second kappa shape index (κ2) is 3.35. The van der Waals surface area contributed by atoms with Crippen molar-refractivity contribution in [1.82, 2.24) is 9.97 Å². The molecular formula is C10H10ClN3. The zero-order chi connectivity index (χ0) is 10.1. The van der Waals surface area contributed by atoms with Gasteiger partial charge in [-0.3, -0.25) is 0 Å². The van der Waals surface area contributed by atoms with E-state index in [4.69, 9.17) is 17.3 Å². The Labute approximate surface area is 86.9 Å². The Kier molecular flexibility index (Phi) is 2.17. The SMILES string of the molecule is Cc1ccccc1-c1nc(N)[nH]c1Cl. The number of aryl methyl sites for hydroxylation is 1. The molecule has 0 aliphatic rings. The quantitative estimate of drug-likeness (QED) is 0.755. The van der Waals surface area contributed by atoms with Crippen LogP contribution >= 0.6 is 11.6 Å². The van der Waals surface area contributed by atoms with Gasteiger partial charge in [-0.1, -0.05) is 35.9 Å². The van der Waals surface area contributed by atoms with E-state index in [1.165, 1.54) is 0 Å². The summed E-state index contributed by atoms with van der Waals surface area (Å²) in [6.07, 6.45) is 0. The Morgan fingerprint density at radius 3 is 2.64 bits per heavy atom. The standard InChI is InChI=1S/C10H10ClN3/c1-6-4-2-3-5-7(6)8-9(11)14-10(12)13-8/h2-5H,1H3,(H3,12,13,14). The molecule has 0 saturated carbocycles. The molecule has 0 unspecified atom stereocenters. The van der Waals surface area contributed by atoms with Gasteiger partial charge in [-0.2, -0.15) is 0 Å². The van der Waals surface area contributed by atoms with Crippen molar-refractivity contribution in [3.05, 3.63) is 35.0 Å². The molecule has 0 radical (unpaired) electrons. The van der Waals surface area contributed by atoms with Crippen LogP contribution in [0.3, 0.4) is 0 Å². The third-order valence-corrected chi connectivity index (χ3v) is 2.35. The summed E-state index contributed by atoms with van der Waals surface area (Å²) in [6, 6.07) is 7.90. The maximum absolute atomic E-state index is 5.95. The van der Waals surface area contributed by atoms with Crippen molar-refractivity contribution in [2.75, 3.05) is 5.73 Å². The number of anilines is 1. The van der Waals surface area contributed by atoms with Crippen LogP contribution in [0.25, 0.3) is 11.3 Å². The first-order valence-corrected chi connectivity index (χ1v) is 4.63. The molecule has 0 aliphatic heterocycles. The van der Waals surface area contributed by atoms with E-state index in [9.17, 15) is 0 Å². The number of benzene rings is 1. The summed E-state index contributed by atoms with van der Waals surface area (Å²) in [6.45, 7) is 2.01. The smallest absolute Gasteiger partial charge is 0.199 e. The lowest BCUT2D eigenvalue weighted by atomic mass is 10.1. The highest BCUT2D eigenvalue weighted by molar-refractivity contribution is 6.32. The van der Waals surface area contributed by atoms with Crippen molar-refractivity contribution in [2.45, 2.75) is 6.92 Å². The molecule has 3 N–H and O–H groups in total. The van der Waals surface area contributed by atoms with Crippen molar-refractivity contribution in [1.29, 1.82) is 0 Å². The Bertz CT molecular complexity index is 462. The summed E-state index contributed by atoms with van der Waals surface area (Å²) < 4.78 is 0. The van der Waals surface area contributed by atoms with Crippen molar-refractivity contribution >= 4 is 17.5 Å². The van der Waals surface area contributed by atoms with Gasteiger partial charge in [-0.05, 0) is 12.5 Å². The Hall–Kier alpha value is -1.48. The molecule has 1 heterocycles. The minimum absolute atomic E-state index is 0.341. The van der Waals surface area contributed by atoms with Crippen LogP contribution in [-0.2, 0) is 0 Å². The van der Waals surface area contributed by atoms with E-state index in [0.29, 0.717) is 16.8 Å². The fourth-order valence-corrected chi connectivity index (χ4v) is 1.63. The molecule has 0 saturated heterocycles. The molecule has 4 heteroatoms. The number of nitrogens with one attached hydrogen (secondary N) is 1. The van der Waals surface area contributed by atoms with Gasteiger partial charge in [0.2, 0.25) is 0 Å². The summed E-state index contributed by atoms with van der Waals surface area (Å²) in [5.74, 6) is 0.341. The number of nitrogens with zero attached hydrogens (tertiary/aromatic N) is 1. The van der Waals surface area contributed by atoms with Crippen molar-refractivity contribution < 1.29 is 0 Å². The van der Waals surface area contributed by atoms with Crippen LogP contribution < -0.4 is 5.73 Å². The maximum Gasteiger partial charge on any atom is 0.199 e. The summed E-state index contributed by atoms with van der Waals surface area (Å²) in [7, 11) is 0. The first-order chi connectivity index (χ1) is 6.68. The van der Waals surface area contributed by atoms with Crippen molar-refractivity contribution in [3.8, 4) is 11.3 Å². The second-order valence-electron chi connectivity index (χ2n) is 3.10. The van der Waals surface area contributed by atoms with Gasteiger partial charge < -0.3 is 10.7 Å². The third kappa shape index (κ3) is 1.46. The number of hydrogen-bond acceptors (Lipinski definition) is 2. The highest BCUT2D eigenvalue weighted by atomic mass is 35.5. The van der Waals surface area contributed by atoms with E-state index in [0.717, 1.165) is 11.1 Å². The van der Waals surface area contributed by atoms with Crippen LogP contribution in [0, 0.1) is 6.92 Å². The Morgan fingerprint density at radius 2 is 2.07 bits per heavy atom. The lowest BCUT2D eigenvalue weighted by molar-refractivity contribution is 1.32.